The second-order valence-electron chi connectivity index (χ2n) is 6.53. The van der Waals surface area contributed by atoms with Gasteiger partial charge in [-0.2, -0.15) is 0 Å². The zero-order valence-corrected chi connectivity index (χ0v) is 17.4. The molecule has 0 fully saturated rings. The number of rotatable bonds is 9. The van der Waals surface area contributed by atoms with Crippen LogP contribution in [0.2, 0.25) is 0 Å². The fraction of sp³-hybridized carbons (Fsp3) is 0.318. The molecule has 2 aromatic carbocycles. The SMILES string of the molecule is COc1cc(OC)cc(C(NCc2cc(OC)ccc2OC)c2nccn2C)c1. The summed E-state index contributed by atoms with van der Waals surface area (Å²) in [5.41, 5.74) is 1.97. The maximum atomic E-state index is 5.51. The highest BCUT2D eigenvalue weighted by Crippen LogP contribution is 2.31. The van der Waals surface area contributed by atoms with Crippen molar-refractivity contribution in [2.24, 2.45) is 7.05 Å². The van der Waals surface area contributed by atoms with Gasteiger partial charge in [0.05, 0.1) is 34.5 Å². The van der Waals surface area contributed by atoms with Crippen molar-refractivity contribution in [1.29, 1.82) is 0 Å². The van der Waals surface area contributed by atoms with E-state index in [4.69, 9.17) is 18.9 Å². The Labute approximate surface area is 171 Å². The first-order chi connectivity index (χ1) is 14.1. The van der Waals surface area contributed by atoms with Crippen LogP contribution in [0.15, 0.2) is 48.8 Å². The van der Waals surface area contributed by atoms with Crippen LogP contribution in [-0.4, -0.2) is 38.0 Å². The first-order valence-corrected chi connectivity index (χ1v) is 9.24. The van der Waals surface area contributed by atoms with Crippen LogP contribution in [0.3, 0.4) is 0 Å². The smallest absolute Gasteiger partial charge is 0.130 e. The number of imidazole rings is 1. The summed E-state index contributed by atoms with van der Waals surface area (Å²) in [6, 6.07) is 11.4. The maximum Gasteiger partial charge on any atom is 0.130 e. The van der Waals surface area contributed by atoms with Gasteiger partial charge in [-0.1, -0.05) is 0 Å². The molecular formula is C22H27N3O4. The first kappa shape index (κ1) is 20.5. The van der Waals surface area contributed by atoms with Crippen molar-refractivity contribution in [3.63, 3.8) is 0 Å². The van der Waals surface area contributed by atoms with Gasteiger partial charge in [-0.3, -0.25) is 5.32 Å². The Bertz CT molecular complexity index is 933. The van der Waals surface area contributed by atoms with Crippen LogP contribution < -0.4 is 24.3 Å². The van der Waals surface area contributed by atoms with Crippen LogP contribution in [0, 0.1) is 0 Å². The molecule has 0 saturated carbocycles. The number of methoxy groups -OCH3 is 4. The lowest BCUT2D eigenvalue weighted by Crippen LogP contribution is -2.25. The van der Waals surface area contributed by atoms with Crippen molar-refractivity contribution in [1.82, 2.24) is 14.9 Å². The Balaban J connectivity index is 1.97. The molecule has 7 heteroatoms. The molecule has 154 valence electrons. The number of nitrogens with one attached hydrogen (secondary N) is 1. The van der Waals surface area contributed by atoms with Gasteiger partial charge in [0.1, 0.15) is 28.8 Å². The Kier molecular flexibility index (Phi) is 6.61. The Morgan fingerprint density at radius 1 is 0.897 bits per heavy atom. The number of ether oxygens (including phenoxy) is 4. The van der Waals surface area contributed by atoms with E-state index in [1.807, 2.05) is 54.2 Å². The highest BCUT2D eigenvalue weighted by Gasteiger charge is 2.20. The average molecular weight is 397 g/mol. The standard InChI is InChI=1S/C22H27N3O4/c1-25-9-8-23-22(25)21(15-10-18(27-3)13-19(11-15)28-4)24-14-16-12-17(26-2)6-7-20(16)29-5/h6-13,21,24H,14H2,1-5H3. The lowest BCUT2D eigenvalue weighted by Gasteiger charge is -2.21. The lowest BCUT2D eigenvalue weighted by atomic mass is 10.0. The van der Waals surface area contributed by atoms with Crippen molar-refractivity contribution in [2.75, 3.05) is 28.4 Å². The average Bonchev–Trinajstić information content (AvgIpc) is 3.18. The summed E-state index contributed by atoms with van der Waals surface area (Å²) in [4.78, 5) is 4.55. The predicted molar refractivity (Wildman–Crippen MR) is 111 cm³/mol. The number of nitrogens with zero attached hydrogens (tertiary/aromatic N) is 2. The molecule has 0 spiro atoms. The molecule has 0 aliphatic carbocycles. The number of aryl methyl sites for hydroxylation is 1. The van der Waals surface area contributed by atoms with Crippen molar-refractivity contribution < 1.29 is 18.9 Å². The number of benzene rings is 2. The monoisotopic (exact) mass is 397 g/mol. The zero-order chi connectivity index (χ0) is 20.8. The molecule has 7 nitrogen and oxygen atoms in total. The predicted octanol–water partition coefficient (Wildman–Crippen LogP) is 3.33. The molecule has 1 heterocycles. The molecule has 1 unspecified atom stereocenters. The summed E-state index contributed by atoms with van der Waals surface area (Å²) >= 11 is 0. The van der Waals surface area contributed by atoms with Crippen molar-refractivity contribution in [3.8, 4) is 23.0 Å². The van der Waals surface area contributed by atoms with Crippen LogP contribution in [-0.2, 0) is 13.6 Å². The third kappa shape index (κ3) is 4.63. The van der Waals surface area contributed by atoms with Crippen LogP contribution in [0.1, 0.15) is 23.0 Å². The Hall–Kier alpha value is -3.19. The van der Waals surface area contributed by atoms with E-state index in [2.05, 4.69) is 10.3 Å². The maximum absolute atomic E-state index is 5.51. The molecule has 29 heavy (non-hydrogen) atoms. The Morgan fingerprint density at radius 2 is 1.59 bits per heavy atom. The molecule has 1 atom stereocenters. The molecule has 0 radical (unpaired) electrons. The number of hydrogen-bond donors (Lipinski definition) is 1. The van der Waals surface area contributed by atoms with Crippen molar-refractivity contribution in [2.45, 2.75) is 12.6 Å². The van der Waals surface area contributed by atoms with Crippen LogP contribution in [0.4, 0.5) is 0 Å². The van der Waals surface area contributed by atoms with Gasteiger partial charge in [-0.15, -0.1) is 0 Å². The molecule has 3 aromatic rings. The van der Waals surface area contributed by atoms with Gasteiger partial charge in [0.15, 0.2) is 0 Å². The summed E-state index contributed by atoms with van der Waals surface area (Å²) in [6.07, 6.45) is 3.71. The minimum atomic E-state index is -0.185. The van der Waals surface area contributed by atoms with E-state index in [-0.39, 0.29) is 6.04 Å². The van der Waals surface area contributed by atoms with E-state index < -0.39 is 0 Å². The summed E-state index contributed by atoms with van der Waals surface area (Å²) in [6.45, 7) is 0.553. The van der Waals surface area contributed by atoms with Crippen molar-refractivity contribution in [3.05, 3.63) is 65.7 Å². The quantitative estimate of drug-likeness (QED) is 0.597. The molecule has 0 amide bonds. The van der Waals surface area contributed by atoms with Gasteiger partial charge in [-0.05, 0) is 35.9 Å². The fourth-order valence-corrected chi connectivity index (χ4v) is 3.24. The highest BCUT2D eigenvalue weighted by molar-refractivity contribution is 5.43. The molecule has 0 aliphatic rings. The summed E-state index contributed by atoms with van der Waals surface area (Å²) in [7, 11) is 8.57. The van der Waals surface area contributed by atoms with E-state index >= 15 is 0 Å². The van der Waals surface area contributed by atoms with Gasteiger partial charge in [0.25, 0.3) is 0 Å². The third-order valence-corrected chi connectivity index (χ3v) is 4.81. The van der Waals surface area contributed by atoms with Crippen molar-refractivity contribution >= 4 is 0 Å². The van der Waals surface area contributed by atoms with Crippen LogP contribution >= 0.6 is 0 Å². The molecule has 0 aliphatic heterocycles. The van der Waals surface area contributed by atoms with E-state index in [1.165, 1.54) is 0 Å². The van der Waals surface area contributed by atoms with Gasteiger partial charge in [-0.25, -0.2) is 4.98 Å². The first-order valence-electron chi connectivity index (χ1n) is 9.24. The van der Waals surface area contributed by atoms with Crippen LogP contribution in [0.5, 0.6) is 23.0 Å². The van der Waals surface area contributed by atoms with Crippen LogP contribution in [0.25, 0.3) is 0 Å². The second kappa shape index (κ2) is 9.34. The fourth-order valence-electron chi connectivity index (χ4n) is 3.24. The van der Waals surface area contributed by atoms with Gasteiger partial charge in [0.2, 0.25) is 0 Å². The zero-order valence-electron chi connectivity index (χ0n) is 17.4. The highest BCUT2D eigenvalue weighted by atomic mass is 16.5. The second-order valence-corrected chi connectivity index (χ2v) is 6.53. The molecular weight excluding hydrogens is 370 g/mol. The largest absolute Gasteiger partial charge is 0.497 e. The van der Waals surface area contributed by atoms with Gasteiger partial charge >= 0.3 is 0 Å². The summed E-state index contributed by atoms with van der Waals surface area (Å²) in [5.74, 6) is 3.89. The number of aromatic nitrogens is 2. The van der Waals surface area contributed by atoms with E-state index in [0.29, 0.717) is 6.54 Å². The minimum Gasteiger partial charge on any atom is -0.497 e. The number of hydrogen-bond acceptors (Lipinski definition) is 6. The third-order valence-electron chi connectivity index (χ3n) is 4.81. The molecule has 0 saturated heterocycles. The van der Waals surface area contributed by atoms with Gasteiger partial charge < -0.3 is 23.5 Å². The Morgan fingerprint density at radius 3 is 2.14 bits per heavy atom. The summed E-state index contributed by atoms with van der Waals surface area (Å²) < 4.78 is 23.8. The van der Waals surface area contributed by atoms with E-state index in [0.717, 1.165) is 39.9 Å². The molecule has 3 rings (SSSR count). The lowest BCUT2D eigenvalue weighted by molar-refractivity contribution is 0.390. The molecule has 0 bridgehead atoms. The van der Waals surface area contributed by atoms with E-state index in [1.54, 1.807) is 34.6 Å². The summed E-state index contributed by atoms with van der Waals surface area (Å²) in [5, 5.41) is 3.59. The van der Waals surface area contributed by atoms with Gasteiger partial charge in [0, 0.05) is 37.6 Å². The van der Waals surface area contributed by atoms with E-state index in [9.17, 15) is 0 Å². The normalized spacial score (nSPS) is 11.8. The molecule has 1 aromatic heterocycles. The minimum absolute atomic E-state index is 0.185. The topological polar surface area (TPSA) is 66.8 Å². The molecule has 1 N–H and O–H groups in total.